The Kier molecular flexibility index (Phi) is 14.7. The summed E-state index contributed by atoms with van der Waals surface area (Å²) in [6, 6.07) is 17.4. The van der Waals surface area contributed by atoms with Crippen molar-refractivity contribution in [1.82, 2.24) is 15.1 Å². The van der Waals surface area contributed by atoms with Crippen LogP contribution in [0.1, 0.15) is 19.3 Å². The van der Waals surface area contributed by atoms with Crippen LogP contribution in [-0.4, -0.2) is 129 Å². The largest absolute Gasteiger partial charge is 0.501 e. The standard InChI is InChI=1S/C38H48F3N6O10PS3/c39-38(40,41)60(53,54)35-24-33(61(55,56)44-29-6-8-31(9-7-29)46-20-22-47(23-21-46)37(36(48)49)15-16-42-27-37)10-11-34(35)43-30(26-59-32-4-2-1-3-5-32)14-19-45-17-12-28(13-18-45)25-57-58(50,51)52/h1-11,15-16,24,28,30,42-44H,12-14,17-23,25-27H2,(H,48,49)(H2,50,51,52). The second kappa shape index (κ2) is 19.3. The van der Waals surface area contributed by atoms with Crippen molar-refractivity contribution in [3.05, 3.63) is 85.1 Å². The Morgan fingerprint density at radius 1 is 0.967 bits per heavy atom. The van der Waals surface area contributed by atoms with Crippen molar-refractivity contribution >= 4 is 62.5 Å². The minimum atomic E-state index is -6.06. The molecule has 16 nitrogen and oxygen atoms in total. The molecule has 0 radical (unpaired) electrons. The number of sulfone groups is 1. The number of carboxylic acids is 1. The summed E-state index contributed by atoms with van der Waals surface area (Å²) in [5.74, 6) is -0.702. The van der Waals surface area contributed by atoms with Gasteiger partial charge in [0.05, 0.1) is 17.2 Å². The molecular weight excluding hydrogens is 885 g/mol. The van der Waals surface area contributed by atoms with E-state index in [9.17, 15) is 44.5 Å². The van der Waals surface area contributed by atoms with Crippen molar-refractivity contribution in [2.45, 2.75) is 51.0 Å². The molecule has 6 rings (SSSR count). The number of benzene rings is 3. The molecule has 61 heavy (non-hydrogen) atoms. The normalized spacial score (nSPS) is 20.3. The summed E-state index contributed by atoms with van der Waals surface area (Å²) >= 11 is 1.41. The summed E-state index contributed by atoms with van der Waals surface area (Å²) in [6.07, 6.45) is 4.82. The van der Waals surface area contributed by atoms with Gasteiger partial charge in [-0.3, -0.25) is 14.1 Å². The molecule has 2 saturated heterocycles. The third-order valence-corrected chi connectivity index (χ3v) is 15.5. The van der Waals surface area contributed by atoms with Crippen LogP contribution in [0.25, 0.3) is 0 Å². The number of carboxylic acid groups (broad SMARTS) is 1. The number of sulfonamides is 1. The molecular formula is C38H48F3N6O10PS3. The van der Waals surface area contributed by atoms with Gasteiger partial charge in [-0.25, -0.2) is 26.2 Å². The van der Waals surface area contributed by atoms with Gasteiger partial charge in [0.2, 0.25) is 0 Å². The second-order valence-electron chi connectivity index (χ2n) is 15.0. The van der Waals surface area contributed by atoms with Gasteiger partial charge < -0.3 is 35.3 Å². The summed E-state index contributed by atoms with van der Waals surface area (Å²) in [5, 5.41) is 15.8. The van der Waals surface area contributed by atoms with E-state index in [1.807, 2.05) is 40.1 Å². The van der Waals surface area contributed by atoms with Crippen molar-refractivity contribution in [1.29, 1.82) is 0 Å². The molecule has 2 unspecified atom stereocenters. The second-order valence-corrected chi connectivity index (χ2v) is 20.9. The van der Waals surface area contributed by atoms with E-state index in [-0.39, 0.29) is 24.8 Å². The van der Waals surface area contributed by atoms with E-state index < -0.39 is 66.2 Å². The number of halogens is 3. The van der Waals surface area contributed by atoms with Crippen LogP contribution in [0.3, 0.4) is 0 Å². The lowest BCUT2D eigenvalue weighted by Gasteiger charge is -2.43. The number of piperidine rings is 1. The maximum atomic E-state index is 14.2. The van der Waals surface area contributed by atoms with Crippen molar-refractivity contribution in [3.8, 4) is 0 Å². The quantitative estimate of drug-likeness (QED) is 0.0757. The number of phosphoric ester groups is 1. The van der Waals surface area contributed by atoms with Gasteiger partial charge in [-0.1, -0.05) is 18.2 Å². The Bertz CT molecular complexity index is 2290. The third-order valence-electron chi connectivity index (χ3n) is 10.9. The zero-order valence-electron chi connectivity index (χ0n) is 32.8. The molecule has 6 N–H and O–H groups in total. The number of hydrogen-bond acceptors (Lipinski definition) is 13. The predicted octanol–water partition coefficient (Wildman–Crippen LogP) is 4.63. The van der Waals surface area contributed by atoms with Crippen molar-refractivity contribution in [2.75, 3.05) is 79.7 Å². The molecule has 0 aliphatic carbocycles. The molecule has 3 aliphatic heterocycles. The Labute approximate surface area is 356 Å². The first-order chi connectivity index (χ1) is 28.8. The van der Waals surface area contributed by atoms with Crippen LogP contribution in [0.4, 0.5) is 30.2 Å². The van der Waals surface area contributed by atoms with E-state index in [0.29, 0.717) is 76.9 Å². The van der Waals surface area contributed by atoms with E-state index in [4.69, 9.17) is 9.79 Å². The topological polar surface area (TPSA) is 218 Å². The van der Waals surface area contributed by atoms with Crippen LogP contribution < -0.4 is 20.3 Å². The predicted molar refractivity (Wildman–Crippen MR) is 225 cm³/mol. The van der Waals surface area contributed by atoms with Gasteiger partial charge in [-0.05, 0) is 105 Å². The number of hydrogen-bond donors (Lipinski definition) is 6. The van der Waals surface area contributed by atoms with Gasteiger partial charge in [0.15, 0.2) is 5.54 Å². The molecule has 3 aliphatic rings. The minimum absolute atomic E-state index is 0.0642. The molecule has 0 bridgehead atoms. The molecule has 2 atom stereocenters. The van der Waals surface area contributed by atoms with Gasteiger partial charge in [-0.15, -0.1) is 11.8 Å². The van der Waals surface area contributed by atoms with Crippen molar-refractivity contribution in [2.24, 2.45) is 5.92 Å². The van der Waals surface area contributed by atoms with Gasteiger partial charge >= 0.3 is 19.3 Å². The number of anilines is 3. The summed E-state index contributed by atoms with van der Waals surface area (Å²) in [4.78, 5) is 35.1. The average Bonchev–Trinajstić information content (AvgIpc) is 3.73. The first kappa shape index (κ1) is 46.6. The number of nitrogens with one attached hydrogen (secondary N) is 3. The van der Waals surface area contributed by atoms with Crippen LogP contribution >= 0.6 is 19.6 Å². The maximum Gasteiger partial charge on any atom is 0.501 e. The fourth-order valence-electron chi connectivity index (χ4n) is 7.47. The van der Waals surface area contributed by atoms with Gasteiger partial charge in [0.1, 0.15) is 4.90 Å². The summed E-state index contributed by atoms with van der Waals surface area (Å²) in [6.45, 7) is 3.67. The molecule has 0 saturated carbocycles. The molecule has 3 heterocycles. The molecule has 2 fully saturated rings. The number of rotatable bonds is 18. The molecule has 334 valence electrons. The third kappa shape index (κ3) is 11.8. The minimum Gasteiger partial charge on any atom is -0.480 e. The SMILES string of the molecule is O=C(O)C1(N2CCN(c3ccc(NS(=O)(=O)c4ccc(NC(CCN5CCC(COP(=O)(O)O)CC5)CSc5ccccc5)c(S(=O)(=O)C(F)(F)F)c4)cc3)CC2)C=CNC1. The first-order valence-corrected chi connectivity index (χ1v) is 24.8. The van der Waals surface area contributed by atoms with Gasteiger partial charge in [0, 0.05) is 67.3 Å². The molecule has 23 heteroatoms. The molecule has 0 amide bonds. The lowest BCUT2D eigenvalue weighted by Crippen LogP contribution is -2.61. The molecule has 3 aromatic rings. The lowest BCUT2D eigenvalue weighted by molar-refractivity contribution is -0.147. The van der Waals surface area contributed by atoms with Crippen LogP contribution in [0.15, 0.2) is 99.8 Å². The molecule has 0 aromatic heterocycles. The van der Waals surface area contributed by atoms with Crippen LogP contribution in [-0.2, 0) is 33.7 Å². The van der Waals surface area contributed by atoms with E-state index >= 15 is 0 Å². The van der Waals surface area contributed by atoms with Gasteiger partial charge in [0.25, 0.3) is 19.9 Å². The summed E-state index contributed by atoms with van der Waals surface area (Å²) < 4.78 is 114. The Hall–Kier alpha value is -3.86. The highest BCUT2D eigenvalue weighted by molar-refractivity contribution is 7.99. The van der Waals surface area contributed by atoms with E-state index in [1.165, 1.54) is 23.9 Å². The number of carbonyl (C=O) groups is 1. The zero-order chi connectivity index (χ0) is 44.1. The average molecular weight is 933 g/mol. The molecule has 0 spiro atoms. The zero-order valence-corrected chi connectivity index (χ0v) is 36.1. The van der Waals surface area contributed by atoms with Crippen molar-refractivity contribution in [3.63, 3.8) is 0 Å². The van der Waals surface area contributed by atoms with Crippen LogP contribution in [0.5, 0.6) is 0 Å². The highest BCUT2D eigenvalue weighted by Crippen LogP contribution is 2.39. The van der Waals surface area contributed by atoms with E-state index in [1.54, 1.807) is 24.4 Å². The Balaban J connectivity index is 1.16. The highest BCUT2D eigenvalue weighted by Gasteiger charge is 2.49. The number of thioether (sulfide) groups is 1. The number of piperazine rings is 1. The number of aliphatic carboxylic acids is 1. The molecule has 3 aromatic carbocycles. The van der Waals surface area contributed by atoms with Crippen molar-refractivity contribution < 1.29 is 58.8 Å². The van der Waals surface area contributed by atoms with Gasteiger partial charge in [-0.2, -0.15) is 13.2 Å². The smallest absolute Gasteiger partial charge is 0.480 e. The number of alkyl halides is 3. The monoisotopic (exact) mass is 932 g/mol. The summed E-state index contributed by atoms with van der Waals surface area (Å²) in [7, 11) is -15.3. The fourth-order valence-corrected chi connectivity index (χ4v) is 11.0. The Morgan fingerprint density at radius 2 is 1.64 bits per heavy atom. The Morgan fingerprint density at radius 3 is 2.23 bits per heavy atom. The summed E-state index contributed by atoms with van der Waals surface area (Å²) in [5.41, 5.74) is -6.49. The maximum absolute atomic E-state index is 14.2. The van der Waals surface area contributed by atoms with E-state index in [2.05, 4.69) is 24.8 Å². The fraction of sp³-hybridized carbons (Fsp3) is 0.447. The number of nitrogens with zero attached hydrogens (tertiary/aromatic N) is 3. The van der Waals surface area contributed by atoms with E-state index in [0.717, 1.165) is 22.7 Å². The van der Waals surface area contributed by atoms with Crippen LogP contribution in [0, 0.1) is 5.92 Å². The highest BCUT2D eigenvalue weighted by atomic mass is 32.2. The van der Waals surface area contributed by atoms with Crippen LogP contribution in [0.2, 0.25) is 0 Å². The number of likely N-dealkylation sites (tertiary alicyclic amines) is 1. The first-order valence-electron chi connectivity index (χ1n) is 19.4. The number of phosphoric acid groups is 1. The lowest BCUT2D eigenvalue weighted by atomic mass is 9.97.